The fourth-order valence-electron chi connectivity index (χ4n) is 7.55. The van der Waals surface area contributed by atoms with E-state index < -0.39 is 6.10 Å². The molecule has 0 spiro atoms. The summed E-state index contributed by atoms with van der Waals surface area (Å²) in [5, 5.41) is 0. The van der Waals surface area contributed by atoms with Gasteiger partial charge in [-0.15, -0.1) is 0 Å². The Labute approximate surface area is 419 Å². The number of carbonyl (C=O) groups is 3. The molecular formula is C62H104O6. The first-order valence-corrected chi connectivity index (χ1v) is 28.2. The summed E-state index contributed by atoms with van der Waals surface area (Å²) in [7, 11) is 0. The molecule has 68 heavy (non-hydrogen) atoms. The fourth-order valence-corrected chi connectivity index (χ4v) is 7.55. The van der Waals surface area contributed by atoms with Crippen molar-refractivity contribution in [2.24, 2.45) is 0 Å². The Morgan fingerprint density at radius 1 is 0.309 bits per heavy atom. The molecule has 0 rings (SSSR count). The first-order chi connectivity index (χ1) is 33.5. The lowest BCUT2D eigenvalue weighted by molar-refractivity contribution is -0.167. The van der Waals surface area contributed by atoms with Crippen molar-refractivity contribution >= 4 is 17.9 Å². The molecule has 0 aromatic carbocycles. The molecule has 0 aliphatic heterocycles. The molecule has 0 radical (unpaired) electrons. The van der Waals surface area contributed by atoms with Gasteiger partial charge in [-0.3, -0.25) is 14.4 Å². The summed E-state index contributed by atoms with van der Waals surface area (Å²) in [4.78, 5) is 38.1. The molecule has 0 amide bonds. The number of carbonyl (C=O) groups excluding carboxylic acids is 3. The highest BCUT2D eigenvalue weighted by Crippen LogP contribution is 2.14. The third-order valence-electron chi connectivity index (χ3n) is 11.8. The quantitative estimate of drug-likeness (QED) is 0.0262. The Bertz CT molecular complexity index is 1360. The molecule has 0 saturated carbocycles. The van der Waals surface area contributed by atoms with Crippen LogP contribution in [0, 0.1) is 0 Å². The van der Waals surface area contributed by atoms with Crippen LogP contribution in [-0.4, -0.2) is 37.2 Å². The summed E-state index contributed by atoms with van der Waals surface area (Å²) >= 11 is 0. The van der Waals surface area contributed by atoms with E-state index in [2.05, 4.69) is 118 Å². The lowest BCUT2D eigenvalue weighted by atomic mass is 10.1. The van der Waals surface area contributed by atoms with Crippen LogP contribution in [0.1, 0.15) is 258 Å². The second kappa shape index (κ2) is 55.9. The summed E-state index contributed by atoms with van der Waals surface area (Å²) in [5.74, 6) is -0.963. The normalized spacial score (nSPS) is 12.8. The Kier molecular flexibility index (Phi) is 52.9. The highest BCUT2D eigenvalue weighted by Gasteiger charge is 2.19. The van der Waals surface area contributed by atoms with Gasteiger partial charge in [0.05, 0.1) is 0 Å². The number of hydrogen-bond acceptors (Lipinski definition) is 6. The molecule has 0 N–H and O–H groups in total. The molecule has 0 fully saturated rings. The van der Waals surface area contributed by atoms with Crippen LogP contribution >= 0.6 is 0 Å². The smallest absolute Gasteiger partial charge is 0.306 e. The summed E-state index contributed by atoms with van der Waals surface area (Å²) in [6.45, 7) is 6.44. The first kappa shape index (κ1) is 64.3. The fraction of sp³-hybridized carbons (Fsp3) is 0.694. The molecule has 0 aromatic rings. The number of allylic oxidation sites excluding steroid dienone is 16. The molecule has 0 aliphatic carbocycles. The maximum Gasteiger partial charge on any atom is 0.306 e. The average molecular weight is 946 g/mol. The van der Waals surface area contributed by atoms with E-state index in [1.807, 2.05) is 0 Å². The summed E-state index contributed by atoms with van der Waals surface area (Å²) in [5.41, 5.74) is 0. The van der Waals surface area contributed by atoms with E-state index in [0.29, 0.717) is 19.3 Å². The molecule has 388 valence electrons. The third-order valence-corrected chi connectivity index (χ3v) is 11.8. The zero-order valence-corrected chi connectivity index (χ0v) is 44.3. The van der Waals surface area contributed by atoms with Gasteiger partial charge in [-0.05, 0) is 122 Å². The van der Waals surface area contributed by atoms with Crippen molar-refractivity contribution in [1.29, 1.82) is 0 Å². The molecule has 1 unspecified atom stereocenters. The maximum absolute atomic E-state index is 12.8. The molecule has 0 heterocycles. The monoisotopic (exact) mass is 945 g/mol. The van der Waals surface area contributed by atoms with Crippen LogP contribution in [0.5, 0.6) is 0 Å². The number of rotatable bonds is 50. The molecule has 6 nitrogen and oxygen atoms in total. The molecule has 6 heteroatoms. The maximum atomic E-state index is 12.8. The molecule has 1 atom stereocenters. The molecule has 0 aromatic heterocycles. The number of ether oxygens (including phenoxy) is 3. The van der Waals surface area contributed by atoms with E-state index in [1.54, 1.807) is 0 Å². The topological polar surface area (TPSA) is 78.9 Å². The van der Waals surface area contributed by atoms with Gasteiger partial charge in [-0.2, -0.15) is 0 Å². The summed E-state index contributed by atoms with van der Waals surface area (Å²) in [6, 6.07) is 0. The van der Waals surface area contributed by atoms with Crippen LogP contribution in [0.4, 0.5) is 0 Å². The van der Waals surface area contributed by atoms with Crippen LogP contribution < -0.4 is 0 Å². The lowest BCUT2D eigenvalue weighted by Gasteiger charge is -2.18. The van der Waals surface area contributed by atoms with Crippen molar-refractivity contribution in [3.8, 4) is 0 Å². The summed E-state index contributed by atoms with van der Waals surface area (Å²) < 4.78 is 16.8. The zero-order valence-electron chi connectivity index (χ0n) is 44.3. The van der Waals surface area contributed by atoms with Gasteiger partial charge in [0.2, 0.25) is 0 Å². The van der Waals surface area contributed by atoms with Gasteiger partial charge in [0, 0.05) is 19.3 Å². The second-order valence-corrected chi connectivity index (χ2v) is 18.5. The van der Waals surface area contributed by atoms with Gasteiger partial charge in [0.15, 0.2) is 6.10 Å². The second-order valence-electron chi connectivity index (χ2n) is 18.5. The van der Waals surface area contributed by atoms with E-state index >= 15 is 0 Å². The number of unbranched alkanes of at least 4 members (excludes halogenated alkanes) is 23. The van der Waals surface area contributed by atoms with E-state index in [-0.39, 0.29) is 31.1 Å². The van der Waals surface area contributed by atoms with Crippen molar-refractivity contribution in [1.82, 2.24) is 0 Å². The average Bonchev–Trinajstić information content (AvgIpc) is 3.34. The van der Waals surface area contributed by atoms with Crippen LogP contribution in [0.2, 0.25) is 0 Å². The van der Waals surface area contributed by atoms with Crippen LogP contribution in [0.3, 0.4) is 0 Å². The van der Waals surface area contributed by atoms with Gasteiger partial charge in [0.25, 0.3) is 0 Å². The Morgan fingerprint density at radius 2 is 0.574 bits per heavy atom. The predicted molar refractivity (Wildman–Crippen MR) is 293 cm³/mol. The van der Waals surface area contributed by atoms with Gasteiger partial charge >= 0.3 is 17.9 Å². The van der Waals surface area contributed by atoms with Gasteiger partial charge in [0.1, 0.15) is 13.2 Å². The van der Waals surface area contributed by atoms with Crippen LogP contribution in [0.15, 0.2) is 97.2 Å². The van der Waals surface area contributed by atoms with E-state index in [1.165, 1.54) is 96.3 Å². The number of hydrogen-bond donors (Lipinski definition) is 0. The largest absolute Gasteiger partial charge is 0.462 e. The van der Waals surface area contributed by atoms with E-state index in [9.17, 15) is 14.4 Å². The van der Waals surface area contributed by atoms with Crippen LogP contribution in [-0.2, 0) is 28.6 Å². The van der Waals surface area contributed by atoms with Gasteiger partial charge < -0.3 is 14.2 Å². The molecule has 0 saturated heterocycles. The minimum absolute atomic E-state index is 0.102. The van der Waals surface area contributed by atoms with E-state index in [0.717, 1.165) is 122 Å². The molecule has 0 bridgehead atoms. The minimum atomic E-state index is -0.806. The Balaban J connectivity index is 4.48. The minimum Gasteiger partial charge on any atom is -0.462 e. The zero-order chi connectivity index (χ0) is 49.3. The standard InChI is InChI=1S/C62H104O6/c1-4-7-10-13-16-19-22-25-28-30-31-32-35-37-40-43-46-49-52-55-61(64)67-58-59(57-66-60(63)54-51-48-45-42-39-36-33-27-24-21-18-15-12-9-6-3)68-62(65)56-53-50-47-44-41-38-34-29-26-23-20-17-14-11-8-5-2/h9,12,16,18-19,21,25,27-29,31-34,39,42,59H,4-8,10-11,13-15,17,20,22-24,26,30,35-38,40-41,43-58H2,1-3H3/b12-9-,19-16-,21-18-,28-25-,32-31-,33-27-,34-29-,42-39-. The predicted octanol–water partition coefficient (Wildman–Crippen LogP) is 18.9. The summed E-state index contributed by atoms with van der Waals surface area (Å²) in [6.07, 6.45) is 73.9. The van der Waals surface area contributed by atoms with Crippen molar-refractivity contribution in [2.75, 3.05) is 13.2 Å². The molecular weight excluding hydrogens is 841 g/mol. The van der Waals surface area contributed by atoms with Crippen LogP contribution in [0.25, 0.3) is 0 Å². The third kappa shape index (κ3) is 53.3. The van der Waals surface area contributed by atoms with Crippen molar-refractivity contribution < 1.29 is 28.6 Å². The van der Waals surface area contributed by atoms with Gasteiger partial charge in [-0.25, -0.2) is 0 Å². The Hall–Kier alpha value is -3.67. The van der Waals surface area contributed by atoms with Crippen molar-refractivity contribution in [3.05, 3.63) is 97.2 Å². The van der Waals surface area contributed by atoms with Gasteiger partial charge in [-0.1, -0.05) is 214 Å². The highest BCUT2D eigenvalue weighted by atomic mass is 16.6. The first-order valence-electron chi connectivity index (χ1n) is 28.2. The highest BCUT2D eigenvalue weighted by molar-refractivity contribution is 5.71. The SMILES string of the molecule is CC/C=C\C/C=C\C/C=C\C/C=C\CCCCC(=O)OCC(COC(=O)CCCCCCCC/C=C\C/C=C\C/C=C\CCCCC)OC(=O)CCCCCCC/C=C\CCCCCCCCC. The lowest BCUT2D eigenvalue weighted by Crippen LogP contribution is -2.30. The Morgan fingerprint density at radius 3 is 0.971 bits per heavy atom. The van der Waals surface area contributed by atoms with Crippen molar-refractivity contribution in [3.63, 3.8) is 0 Å². The van der Waals surface area contributed by atoms with Crippen molar-refractivity contribution in [2.45, 2.75) is 264 Å². The number of esters is 3. The molecule has 0 aliphatic rings. The van der Waals surface area contributed by atoms with E-state index in [4.69, 9.17) is 14.2 Å².